The number of nitrogens with one attached hydrogen (secondary N) is 2. The minimum atomic E-state index is -0.468. The normalized spacial score (nSPS) is 19.3. The van der Waals surface area contributed by atoms with E-state index >= 15 is 0 Å². The summed E-state index contributed by atoms with van der Waals surface area (Å²) in [6.07, 6.45) is 5.88. The monoisotopic (exact) mass is 339 g/mol. The van der Waals surface area contributed by atoms with E-state index in [1.54, 1.807) is 0 Å². The first-order valence-corrected chi connectivity index (χ1v) is 8.80. The Morgan fingerprint density at radius 2 is 2.00 bits per heavy atom. The Hall–Kier alpha value is -2.63. The Bertz CT molecular complexity index is 848. The highest BCUT2D eigenvalue weighted by Crippen LogP contribution is 2.46. The number of aromatic nitrogens is 1. The molecular weight excluding hydrogens is 318 g/mol. The van der Waals surface area contributed by atoms with E-state index in [0.717, 1.165) is 42.3 Å². The third-order valence-corrected chi connectivity index (χ3v) is 5.48. The number of imide groups is 1. The quantitative estimate of drug-likeness (QED) is 0.840. The fourth-order valence-corrected chi connectivity index (χ4v) is 4.15. The molecule has 6 heteroatoms. The van der Waals surface area contributed by atoms with Crippen LogP contribution in [-0.2, 0) is 14.4 Å². The summed E-state index contributed by atoms with van der Waals surface area (Å²) in [6, 6.07) is 7.55. The number of benzene rings is 1. The third-order valence-electron chi connectivity index (χ3n) is 5.48. The molecule has 0 atom stereocenters. The number of hydrogen-bond acceptors (Lipinski definition) is 3. The fourth-order valence-electron chi connectivity index (χ4n) is 4.15. The number of anilines is 1. The number of aromatic amines is 1. The maximum atomic E-state index is 12.6. The second-order valence-electron chi connectivity index (χ2n) is 7.06. The van der Waals surface area contributed by atoms with Crippen molar-refractivity contribution in [3.05, 3.63) is 30.5 Å². The number of amides is 3. The molecule has 4 rings (SSSR count). The van der Waals surface area contributed by atoms with Gasteiger partial charge in [-0.1, -0.05) is 18.9 Å². The number of H-pyrrole nitrogens is 1. The van der Waals surface area contributed by atoms with Gasteiger partial charge in [0.15, 0.2) is 0 Å². The molecule has 1 aliphatic carbocycles. The molecule has 2 heterocycles. The van der Waals surface area contributed by atoms with Gasteiger partial charge in [-0.3, -0.25) is 19.3 Å². The van der Waals surface area contributed by atoms with E-state index in [1.165, 1.54) is 4.90 Å². The molecule has 1 spiro atoms. The van der Waals surface area contributed by atoms with Crippen molar-refractivity contribution in [2.24, 2.45) is 5.41 Å². The zero-order chi connectivity index (χ0) is 17.4. The van der Waals surface area contributed by atoms with Gasteiger partial charge in [0, 0.05) is 36.5 Å². The summed E-state index contributed by atoms with van der Waals surface area (Å²) in [6.45, 7) is 0.161. The molecule has 130 valence electrons. The molecule has 0 radical (unpaired) electrons. The first kappa shape index (κ1) is 15.9. The van der Waals surface area contributed by atoms with Crippen LogP contribution in [0.1, 0.15) is 38.5 Å². The van der Waals surface area contributed by atoms with E-state index in [9.17, 15) is 14.4 Å². The van der Waals surface area contributed by atoms with E-state index in [0.29, 0.717) is 6.42 Å². The van der Waals surface area contributed by atoms with Gasteiger partial charge in [0.2, 0.25) is 17.7 Å². The number of hydrogen-bond donors (Lipinski definition) is 2. The summed E-state index contributed by atoms with van der Waals surface area (Å²) in [7, 11) is 0. The lowest BCUT2D eigenvalue weighted by atomic mass is 9.84. The van der Waals surface area contributed by atoms with Crippen LogP contribution in [0.5, 0.6) is 0 Å². The van der Waals surface area contributed by atoms with Crippen molar-refractivity contribution < 1.29 is 14.4 Å². The van der Waals surface area contributed by atoms with Crippen molar-refractivity contribution in [3.8, 4) is 0 Å². The van der Waals surface area contributed by atoms with Gasteiger partial charge in [0.25, 0.3) is 0 Å². The number of fused-ring (bicyclic) bond motifs is 1. The van der Waals surface area contributed by atoms with Gasteiger partial charge < -0.3 is 10.3 Å². The molecule has 1 aromatic heterocycles. The molecule has 6 nitrogen and oxygen atoms in total. The van der Waals surface area contributed by atoms with Gasteiger partial charge in [0.1, 0.15) is 0 Å². The molecule has 1 saturated heterocycles. The standard InChI is InChI=1S/C19H21N3O3/c23-16(21-15-5-3-4-14-13(15)6-10-20-14)7-11-22-17(24)12-19(18(22)25)8-1-2-9-19/h3-6,10,20H,1-2,7-9,11-12H2,(H,21,23). The summed E-state index contributed by atoms with van der Waals surface area (Å²) >= 11 is 0. The molecule has 3 amide bonds. The molecular formula is C19H21N3O3. The average Bonchev–Trinajstić information content (AvgIpc) is 3.29. The molecule has 1 saturated carbocycles. The molecule has 2 N–H and O–H groups in total. The lowest BCUT2D eigenvalue weighted by Crippen LogP contribution is -2.36. The highest BCUT2D eigenvalue weighted by molar-refractivity contribution is 6.07. The van der Waals surface area contributed by atoms with E-state index in [-0.39, 0.29) is 30.7 Å². The Morgan fingerprint density at radius 1 is 1.20 bits per heavy atom. The van der Waals surface area contributed by atoms with Crippen molar-refractivity contribution in [3.63, 3.8) is 0 Å². The van der Waals surface area contributed by atoms with Crippen LogP contribution in [0.2, 0.25) is 0 Å². The van der Waals surface area contributed by atoms with Crippen LogP contribution in [-0.4, -0.2) is 34.2 Å². The van der Waals surface area contributed by atoms with Gasteiger partial charge in [0.05, 0.1) is 11.1 Å². The Morgan fingerprint density at radius 3 is 2.80 bits per heavy atom. The van der Waals surface area contributed by atoms with Gasteiger partial charge in [-0.25, -0.2) is 0 Å². The van der Waals surface area contributed by atoms with Gasteiger partial charge in [-0.15, -0.1) is 0 Å². The average molecular weight is 339 g/mol. The molecule has 2 fully saturated rings. The number of carbonyl (C=O) groups is 3. The molecule has 0 bridgehead atoms. The van der Waals surface area contributed by atoms with Crippen LogP contribution in [0.25, 0.3) is 10.9 Å². The fraction of sp³-hybridized carbons (Fsp3) is 0.421. The first-order chi connectivity index (χ1) is 12.1. The molecule has 2 aromatic rings. The largest absolute Gasteiger partial charge is 0.361 e. The van der Waals surface area contributed by atoms with Crippen molar-refractivity contribution in [2.75, 3.05) is 11.9 Å². The summed E-state index contributed by atoms with van der Waals surface area (Å²) in [5.41, 5.74) is 1.21. The van der Waals surface area contributed by atoms with Crippen LogP contribution in [0.15, 0.2) is 30.5 Å². The molecule has 25 heavy (non-hydrogen) atoms. The van der Waals surface area contributed by atoms with Crippen molar-refractivity contribution >= 4 is 34.3 Å². The van der Waals surface area contributed by atoms with Crippen LogP contribution in [0.4, 0.5) is 5.69 Å². The number of nitrogens with zero attached hydrogens (tertiary/aromatic N) is 1. The topological polar surface area (TPSA) is 82.3 Å². The highest BCUT2D eigenvalue weighted by Gasteiger charge is 2.52. The lowest BCUT2D eigenvalue weighted by Gasteiger charge is -2.20. The summed E-state index contributed by atoms with van der Waals surface area (Å²) < 4.78 is 0. The minimum absolute atomic E-state index is 0.0736. The predicted octanol–water partition coefficient (Wildman–Crippen LogP) is 2.82. The van der Waals surface area contributed by atoms with Crippen LogP contribution in [0, 0.1) is 5.41 Å². The van der Waals surface area contributed by atoms with E-state index < -0.39 is 5.41 Å². The molecule has 1 aromatic carbocycles. The van der Waals surface area contributed by atoms with Crippen molar-refractivity contribution in [2.45, 2.75) is 38.5 Å². The number of carbonyl (C=O) groups excluding carboxylic acids is 3. The first-order valence-electron chi connectivity index (χ1n) is 8.80. The Balaban J connectivity index is 1.40. The number of rotatable bonds is 4. The summed E-state index contributed by atoms with van der Waals surface area (Å²) in [5.74, 6) is -0.398. The van der Waals surface area contributed by atoms with Gasteiger partial charge >= 0.3 is 0 Å². The third kappa shape index (κ3) is 2.71. The number of likely N-dealkylation sites (tertiary alicyclic amines) is 1. The lowest BCUT2D eigenvalue weighted by molar-refractivity contribution is -0.141. The van der Waals surface area contributed by atoms with Gasteiger partial charge in [-0.2, -0.15) is 0 Å². The van der Waals surface area contributed by atoms with E-state index in [2.05, 4.69) is 10.3 Å². The van der Waals surface area contributed by atoms with Crippen LogP contribution in [0.3, 0.4) is 0 Å². The van der Waals surface area contributed by atoms with Crippen LogP contribution < -0.4 is 5.32 Å². The second kappa shape index (κ2) is 6.02. The SMILES string of the molecule is O=C(CCN1C(=O)CC2(CCCC2)C1=O)Nc1cccc2[nH]ccc12. The highest BCUT2D eigenvalue weighted by atomic mass is 16.2. The summed E-state index contributed by atoms with van der Waals surface area (Å²) in [4.78, 5) is 41.5. The van der Waals surface area contributed by atoms with E-state index in [4.69, 9.17) is 0 Å². The maximum absolute atomic E-state index is 12.6. The minimum Gasteiger partial charge on any atom is -0.361 e. The van der Waals surface area contributed by atoms with Crippen LogP contribution >= 0.6 is 0 Å². The molecule has 0 unspecified atom stereocenters. The molecule has 1 aliphatic heterocycles. The summed E-state index contributed by atoms with van der Waals surface area (Å²) in [5, 5.41) is 3.82. The zero-order valence-corrected chi connectivity index (χ0v) is 14.0. The van der Waals surface area contributed by atoms with Crippen molar-refractivity contribution in [1.29, 1.82) is 0 Å². The zero-order valence-electron chi connectivity index (χ0n) is 14.0. The smallest absolute Gasteiger partial charge is 0.235 e. The van der Waals surface area contributed by atoms with Gasteiger partial charge in [-0.05, 0) is 31.0 Å². The Labute approximate surface area is 145 Å². The second-order valence-corrected chi connectivity index (χ2v) is 7.06. The molecule has 2 aliphatic rings. The van der Waals surface area contributed by atoms with Crippen molar-refractivity contribution in [1.82, 2.24) is 9.88 Å². The van der Waals surface area contributed by atoms with E-state index in [1.807, 2.05) is 30.5 Å². The predicted molar refractivity (Wildman–Crippen MR) is 93.8 cm³/mol. The maximum Gasteiger partial charge on any atom is 0.235 e. The Kier molecular flexibility index (Phi) is 3.82.